The van der Waals surface area contributed by atoms with Crippen molar-refractivity contribution < 1.29 is 14.1 Å². The number of benzene rings is 1. The zero-order chi connectivity index (χ0) is 20.4. The Balaban J connectivity index is 2.29. The largest absolute Gasteiger partial charge is 0.495 e. The summed E-state index contributed by atoms with van der Waals surface area (Å²) in [7, 11) is -1.44. The second-order valence-corrected chi connectivity index (χ2v) is 9.37. The van der Waals surface area contributed by atoms with Crippen LogP contribution in [0.3, 0.4) is 0 Å². The highest BCUT2D eigenvalue weighted by molar-refractivity contribution is 9.10. The summed E-state index contributed by atoms with van der Waals surface area (Å²) in [5.41, 5.74) is -0.298. The Morgan fingerprint density at radius 1 is 1.44 bits per heavy atom. The summed E-state index contributed by atoms with van der Waals surface area (Å²) in [4.78, 5) is 8.97. The summed E-state index contributed by atoms with van der Waals surface area (Å²) in [6.07, 6.45) is 1.60. The molecule has 2 atom stereocenters. The van der Waals surface area contributed by atoms with Crippen molar-refractivity contribution in [3.63, 3.8) is 0 Å². The molecule has 0 fully saturated rings. The number of halogens is 1. The summed E-state index contributed by atoms with van der Waals surface area (Å²) in [6, 6.07) is 4.68. The first-order valence-electron chi connectivity index (χ1n) is 8.03. The smallest absolute Gasteiger partial charge is 0.229 e. The average molecular weight is 458 g/mol. The van der Waals surface area contributed by atoms with E-state index in [2.05, 4.69) is 42.4 Å². The lowest BCUT2D eigenvalue weighted by Gasteiger charge is -2.27. The Morgan fingerprint density at radius 3 is 2.67 bits per heavy atom. The number of aromatic nitrogens is 2. The number of hydrogen-bond donors (Lipinski definition) is 4. The van der Waals surface area contributed by atoms with Gasteiger partial charge in [0.2, 0.25) is 5.95 Å². The van der Waals surface area contributed by atoms with Crippen molar-refractivity contribution >= 4 is 49.0 Å². The summed E-state index contributed by atoms with van der Waals surface area (Å²) in [6.45, 7) is 5.28. The third-order valence-electron chi connectivity index (χ3n) is 3.95. The zero-order valence-corrected chi connectivity index (χ0v) is 18.0. The summed E-state index contributed by atoms with van der Waals surface area (Å²) < 4.78 is 17.9. The Bertz CT molecular complexity index is 929. The van der Waals surface area contributed by atoms with Gasteiger partial charge in [0.15, 0.2) is 0 Å². The Labute approximate surface area is 167 Å². The highest BCUT2D eigenvalue weighted by Gasteiger charge is 2.23. The molecular weight excluding hydrogens is 434 g/mol. The first kappa shape index (κ1) is 21.4. The molecule has 0 amide bonds. The van der Waals surface area contributed by atoms with Crippen LogP contribution in [0.2, 0.25) is 0 Å². The number of aliphatic hydroxyl groups is 1. The molecule has 0 aliphatic heterocycles. The van der Waals surface area contributed by atoms with Crippen LogP contribution in [0.4, 0.5) is 17.5 Å². The van der Waals surface area contributed by atoms with Crippen LogP contribution in [0.5, 0.6) is 5.75 Å². The van der Waals surface area contributed by atoms with Gasteiger partial charge in [-0.15, -0.1) is 0 Å². The molecule has 0 spiro atoms. The quantitative estimate of drug-likeness (QED) is 0.471. The molecule has 0 saturated heterocycles. The molecule has 0 aliphatic carbocycles. The second-order valence-electron chi connectivity index (χ2n) is 6.63. The molecule has 0 saturated carbocycles. The first-order valence-corrected chi connectivity index (χ1v) is 10.6. The van der Waals surface area contributed by atoms with Crippen molar-refractivity contribution in [2.24, 2.45) is 5.14 Å². The molecule has 148 valence electrons. The molecule has 1 heterocycles. The van der Waals surface area contributed by atoms with E-state index >= 15 is 0 Å². The predicted octanol–water partition coefficient (Wildman–Crippen LogP) is 2.51. The predicted molar refractivity (Wildman–Crippen MR) is 113 cm³/mol. The Morgan fingerprint density at radius 2 is 2.11 bits per heavy atom. The molecule has 1 aromatic carbocycles. The number of nitrogens with two attached hydrogens (primary N) is 1. The van der Waals surface area contributed by atoms with Crippen molar-refractivity contribution in [1.82, 2.24) is 9.97 Å². The standard InChI is InChI=1S/C17H24BrN5O3S/c1-10(17(2,3)24)21-15-12(18)9-20-16(23-15)22-11-6-7-14(27(5,19)25)13(8-11)26-4/h6-10,24H,5H2,1-4H3,(H2,19,25)(H2,20,21,22,23)/t10-,27?/m1/s1. The van der Waals surface area contributed by atoms with Crippen molar-refractivity contribution in [2.45, 2.75) is 37.3 Å². The highest BCUT2D eigenvalue weighted by atomic mass is 79.9. The number of rotatable bonds is 7. The molecule has 10 heteroatoms. The van der Waals surface area contributed by atoms with Crippen molar-refractivity contribution in [3.05, 3.63) is 28.9 Å². The van der Waals surface area contributed by atoms with Crippen molar-refractivity contribution in [2.75, 3.05) is 17.7 Å². The van der Waals surface area contributed by atoms with Gasteiger partial charge in [-0.3, -0.25) is 5.14 Å². The molecule has 0 bridgehead atoms. The molecule has 8 nitrogen and oxygen atoms in total. The van der Waals surface area contributed by atoms with Gasteiger partial charge < -0.3 is 20.5 Å². The SMILES string of the molecule is C=S(N)(=O)c1ccc(Nc2ncc(Br)c(N[C@H](C)C(C)(C)O)n2)cc1OC. The lowest BCUT2D eigenvalue weighted by molar-refractivity contribution is 0.0647. The van der Waals surface area contributed by atoms with E-state index in [9.17, 15) is 9.32 Å². The fourth-order valence-corrected chi connectivity index (χ4v) is 3.16. The molecule has 0 radical (unpaired) electrons. The van der Waals surface area contributed by atoms with Crippen LogP contribution in [-0.2, 0) is 9.71 Å². The fraction of sp³-hybridized carbons (Fsp3) is 0.353. The minimum absolute atomic E-state index is 0.245. The summed E-state index contributed by atoms with van der Waals surface area (Å²) in [5.74, 6) is 4.70. The van der Waals surface area contributed by atoms with Gasteiger partial charge in [0.1, 0.15) is 11.6 Å². The maximum absolute atomic E-state index is 12.0. The topological polar surface area (TPSA) is 122 Å². The Hall–Kier alpha value is -1.88. The van der Waals surface area contributed by atoms with E-state index in [1.54, 1.807) is 38.2 Å². The van der Waals surface area contributed by atoms with Crippen LogP contribution in [0.15, 0.2) is 33.8 Å². The molecule has 27 heavy (non-hydrogen) atoms. The third-order valence-corrected chi connectivity index (χ3v) is 5.61. The van der Waals surface area contributed by atoms with Crippen LogP contribution >= 0.6 is 15.9 Å². The van der Waals surface area contributed by atoms with E-state index in [0.29, 0.717) is 32.6 Å². The highest BCUT2D eigenvalue weighted by Crippen LogP contribution is 2.29. The Kier molecular flexibility index (Phi) is 6.35. The van der Waals surface area contributed by atoms with E-state index in [0.717, 1.165) is 0 Å². The maximum atomic E-state index is 12.0. The fourth-order valence-electron chi connectivity index (χ4n) is 2.07. The lowest BCUT2D eigenvalue weighted by atomic mass is 10.0. The average Bonchev–Trinajstić information content (AvgIpc) is 2.55. The van der Waals surface area contributed by atoms with E-state index in [1.165, 1.54) is 7.11 Å². The zero-order valence-electron chi connectivity index (χ0n) is 15.6. The number of nitrogens with zero attached hydrogens (tertiary/aromatic N) is 2. The van der Waals surface area contributed by atoms with Crippen LogP contribution in [0, 0.1) is 0 Å². The molecule has 2 aromatic rings. The van der Waals surface area contributed by atoms with Crippen LogP contribution in [0.1, 0.15) is 20.8 Å². The summed E-state index contributed by atoms with van der Waals surface area (Å²) >= 11 is 3.40. The molecule has 2 rings (SSSR count). The first-order chi connectivity index (χ1) is 12.4. The number of hydrogen-bond acceptors (Lipinski definition) is 7. The van der Waals surface area contributed by atoms with Crippen molar-refractivity contribution in [1.29, 1.82) is 0 Å². The van der Waals surface area contributed by atoms with Crippen LogP contribution in [0.25, 0.3) is 0 Å². The van der Waals surface area contributed by atoms with E-state index in [-0.39, 0.29) is 6.04 Å². The minimum atomic E-state index is -2.90. The van der Waals surface area contributed by atoms with Gasteiger partial charge in [0.05, 0.1) is 37.8 Å². The lowest BCUT2D eigenvalue weighted by Crippen LogP contribution is -2.39. The van der Waals surface area contributed by atoms with Gasteiger partial charge in [-0.2, -0.15) is 4.98 Å². The monoisotopic (exact) mass is 457 g/mol. The van der Waals surface area contributed by atoms with Gasteiger partial charge in [0, 0.05) is 18.0 Å². The van der Waals surface area contributed by atoms with Gasteiger partial charge >= 0.3 is 0 Å². The van der Waals surface area contributed by atoms with Gasteiger partial charge in [-0.1, -0.05) is 0 Å². The number of ether oxygens (including phenoxy) is 1. The molecule has 0 aliphatic rings. The van der Waals surface area contributed by atoms with Gasteiger partial charge in [-0.05, 0) is 54.7 Å². The minimum Gasteiger partial charge on any atom is -0.495 e. The number of nitrogens with one attached hydrogen (secondary N) is 2. The normalized spacial score (nSPS) is 14.9. The number of methoxy groups -OCH3 is 1. The van der Waals surface area contributed by atoms with E-state index in [4.69, 9.17) is 9.88 Å². The van der Waals surface area contributed by atoms with Gasteiger partial charge in [-0.25, -0.2) is 9.19 Å². The van der Waals surface area contributed by atoms with E-state index in [1.807, 2.05) is 6.92 Å². The molecular formula is C17H24BrN5O3S. The number of anilines is 3. The molecule has 1 aromatic heterocycles. The van der Waals surface area contributed by atoms with E-state index < -0.39 is 15.3 Å². The van der Waals surface area contributed by atoms with Crippen LogP contribution in [-0.4, -0.2) is 43.9 Å². The van der Waals surface area contributed by atoms with Crippen LogP contribution < -0.4 is 20.5 Å². The maximum Gasteiger partial charge on any atom is 0.229 e. The van der Waals surface area contributed by atoms with Gasteiger partial charge in [0.25, 0.3) is 0 Å². The molecule has 5 N–H and O–H groups in total. The molecule has 1 unspecified atom stereocenters. The van der Waals surface area contributed by atoms with Crippen molar-refractivity contribution in [3.8, 4) is 5.75 Å². The summed E-state index contributed by atoms with van der Waals surface area (Å²) in [5, 5.41) is 21.9. The third kappa shape index (κ3) is 5.55. The second kappa shape index (κ2) is 8.01.